The zero-order chi connectivity index (χ0) is 13.1. The molecular formula is C13H18N2O3. The Morgan fingerprint density at radius 1 is 1.39 bits per heavy atom. The first-order chi connectivity index (χ1) is 8.63. The summed E-state index contributed by atoms with van der Waals surface area (Å²) in [4.78, 5) is 13.5. The molecule has 1 aliphatic rings. The molecule has 98 valence electrons. The average Bonchev–Trinajstić information content (AvgIpc) is 2.67. The van der Waals surface area contributed by atoms with E-state index >= 15 is 0 Å². The molecule has 5 heteroatoms. The number of hydrogen-bond acceptors (Lipinski definition) is 4. The van der Waals surface area contributed by atoms with Crippen molar-refractivity contribution in [3.63, 3.8) is 0 Å². The van der Waals surface area contributed by atoms with Crippen LogP contribution in [0.1, 0.15) is 12.0 Å². The van der Waals surface area contributed by atoms with Gasteiger partial charge >= 0.3 is 0 Å². The van der Waals surface area contributed by atoms with Gasteiger partial charge in [0.15, 0.2) is 0 Å². The summed E-state index contributed by atoms with van der Waals surface area (Å²) in [5.74, 6) is 1.60. The fourth-order valence-corrected chi connectivity index (χ4v) is 2.17. The van der Waals surface area contributed by atoms with Crippen molar-refractivity contribution in [2.45, 2.75) is 19.0 Å². The molecule has 5 nitrogen and oxygen atoms in total. The number of carbonyl (C=O) groups excluding carboxylic acids is 1. The molecule has 1 aliphatic heterocycles. The third kappa shape index (κ3) is 2.56. The van der Waals surface area contributed by atoms with Crippen LogP contribution in [0, 0.1) is 0 Å². The van der Waals surface area contributed by atoms with Crippen LogP contribution in [0.25, 0.3) is 0 Å². The Labute approximate surface area is 106 Å². The van der Waals surface area contributed by atoms with Crippen LogP contribution in [0.15, 0.2) is 18.2 Å². The summed E-state index contributed by atoms with van der Waals surface area (Å²) in [6, 6.07) is 5.50. The highest BCUT2D eigenvalue weighted by molar-refractivity contribution is 5.79. The lowest BCUT2D eigenvalue weighted by molar-refractivity contribution is -0.128. The van der Waals surface area contributed by atoms with Gasteiger partial charge in [-0.3, -0.25) is 4.79 Å². The Bertz CT molecular complexity index is 448. The number of nitrogens with zero attached hydrogens (tertiary/aromatic N) is 1. The Balaban J connectivity index is 2.19. The molecule has 18 heavy (non-hydrogen) atoms. The smallest absolute Gasteiger partial charge is 0.224 e. The molecule has 0 radical (unpaired) electrons. The zero-order valence-electron chi connectivity index (χ0n) is 10.7. The van der Waals surface area contributed by atoms with Crippen LogP contribution in [0.2, 0.25) is 0 Å². The molecule has 1 unspecified atom stereocenters. The average molecular weight is 250 g/mol. The summed E-state index contributed by atoms with van der Waals surface area (Å²) < 4.78 is 10.5. The van der Waals surface area contributed by atoms with Gasteiger partial charge in [0.1, 0.15) is 11.5 Å². The van der Waals surface area contributed by atoms with Crippen molar-refractivity contribution in [2.24, 2.45) is 5.73 Å². The van der Waals surface area contributed by atoms with Crippen molar-refractivity contribution in [2.75, 3.05) is 20.8 Å². The van der Waals surface area contributed by atoms with E-state index in [1.165, 1.54) is 0 Å². The van der Waals surface area contributed by atoms with E-state index in [9.17, 15) is 4.79 Å². The first-order valence-corrected chi connectivity index (χ1v) is 5.88. The van der Waals surface area contributed by atoms with Gasteiger partial charge in [-0.2, -0.15) is 0 Å². The molecule has 0 spiro atoms. The largest absolute Gasteiger partial charge is 0.497 e. The third-order valence-electron chi connectivity index (χ3n) is 3.09. The topological polar surface area (TPSA) is 64.8 Å². The summed E-state index contributed by atoms with van der Waals surface area (Å²) in [5.41, 5.74) is 6.71. The first-order valence-electron chi connectivity index (χ1n) is 5.88. The van der Waals surface area contributed by atoms with E-state index in [-0.39, 0.29) is 11.9 Å². The van der Waals surface area contributed by atoms with Crippen molar-refractivity contribution < 1.29 is 14.3 Å². The number of benzene rings is 1. The number of carbonyl (C=O) groups is 1. The molecule has 1 heterocycles. The third-order valence-corrected chi connectivity index (χ3v) is 3.09. The van der Waals surface area contributed by atoms with E-state index in [0.717, 1.165) is 17.1 Å². The van der Waals surface area contributed by atoms with Crippen LogP contribution < -0.4 is 15.2 Å². The molecule has 2 N–H and O–H groups in total. The zero-order valence-corrected chi connectivity index (χ0v) is 10.7. The van der Waals surface area contributed by atoms with Crippen molar-refractivity contribution in [3.05, 3.63) is 23.8 Å². The van der Waals surface area contributed by atoms with E-state index in [1.807, 2.05) is 18.2 Å². The molecule has 2 rings (SSSR count). The van der Waals surface area contributed by atoms with Gasteiger partial charge in [0.05, 0.1) is 14.2 Å². The van der Waals surface area contributed by atoms with Crippen LogP contribution in [-0.2, 0) is 11.3 Å². The molecule has 1 atom stereocenters. The standard InChI is InChI=1S/C13H18N2O3/c1-17-11-3-4-12(18-2)9(5-11)7-15-8-10(14)6-13(15)16/h3-5,10H,6-8,14H2,1-2H3. The van der Waals surface area contributed by atoms with Crippen molar-refractivity contribution in [3.8, 4) is 11.5 Å². The van der Waals surface area contributed by atoms with Gasteiger partial charge in [-0.15, -0.1) is 0 Å². The maximum atomic E-state index is 11.7. The van der Waals surface area contributed by atoms with Gasteiger partial charge in [0, 0.05) is 31.1 Å². The number of hydrogen-bond donors (Lipinski definition) is 1. The monoisotopic (exact) mass is 250 g/mol. The molecule has 0 bridgehead atoms. The number of rotatable bonds is 4. The van der Waals surface area contributed by atoms with Gasteiger partial charge in [-0.1, -0.05) is 0 Å². The lowest BCUT2D eigenvalue weighted by Gasteiger charge is -2.18. The summed E-state index contributed by atoms with van der Waals surface area (Å²) in [6.45, 7) is 1.10. The van der Waals surface area contributed by atoms with Gasteiger partial charge in [-0.05, 0) is 18.2 Å². The minimum Gasteiger partial charge on any atom is -0.497 e. The Morgan fingerprint density at radius 3 is 2.72 bits per heavy atom. The van der Waals surface area contributed by atoms with Gasteiger partial charge < -0.3 is 20.1 Å². The van der Waals surface area contributed by atoms with Crippen LogP contribution >= 0.6 is 0 Å². The fourth-order valence-electron chi connectivity index (χ4n) is 2.17. The van der Waals surface area contributed by atoms with E-state index in [2.05, 4.69) is 0 Å². The summed E-state index contributed by atoms with van der Waals surface area (Å²) >= 11 is 0. The number of nitrogens with two attached hydrogens (primary N) is 1. The molecule has 1 fully saturated rings. The Kier molecular flexibility index (Phi) is 3.72. The molecule has 1 saturated heterocycles. The molecular weight excluding hydrogens is 232 g/mol. The SMILES string of the molecule is COc1ccc(OC)c(CN2CC(N)CC2=O)c1. The Morgan fingerprint density at radius 2 is 2.17 bits per heavy atom. The van der Waals surface area contributed by atoms with Gasteiger partial charge in [0.2, 0.25) is 5.91 Å². The summed E-state index contributed by atoms with van der Waals surface area (Å²) in [5, 5.41) is 0. The number of methoxy groups -OCH3 is 2. The number of ether oxygens (including phenoxy) is 2. The van der Waals surface area contributed by atoms with Crippen LogP contribution in [0.5, 0.6) is 11.5 Å². The van der Waals surface area contributed by atoms with Crippen LogP contribution in [-0.4, -0.2) is 37.6 Å². The van der Waals surface area contributed by atoms with Crippen molar-refractivity contribution in [1.82, 2.24) is 4.90 Å². The predicted octanol–water partition coefficient (Wildman–Crippen LogP) is 0.763. The second kappa shape index (κ2) is 5.27. The maximum absolute atomic E-state index is 11.7. The van der Waals surface area contributed by atoms with Gasteiger partial charge in [-0.25, -0.2) is 0 Å². The van der Waals surface area contributed by atoms with E-state index in [4.69, 9.17) is 15.2 Å². The van der Waals surface area contributed by atoms with Crippen molar-refractivity contribution in [1.29, 1.82) is 0 Å². The Hall–Kier alpha value is -1.75. The highest BCUT2D eigenvalue weighted by Crippen LogP contribution is 2.26. The molecule has 0 aromatic heterocycles. The van der Waals surface area contributed by atoms with Crippen LogP contribution in [0.4, 0.5) is 0 Å². The molecule has 1 amide bonds. The maximum Gasteiger partial charge on any atom is 0.224 e. The second-order valence-corrected chi connectivity index (χ2v) is 4.42. The minimum absolute atomic E-state index is 0.0610. The fraction of sp³-hybridized carbons (Fsp3) is 0.462. The molecule has 0 aliphatic carbocycles. The normalized spacial score (nSPS) is 19.2. The molecule has 1 aromatic rings. The van der Waals surface area contributed by atoms with E-state index in [0.29, 0.717) is 19.5 Å². The predicted molar refractivity (Wildman–Crippen MR) is 67.6 cm³/mol. The summed E-state index contributed by atoms with van der Waals surface area (Å²) in [7, 11) is 3.23. The minimum atomic E-state index is -0.0610. The van der Waals surface area contributed by atoms with Crippen LogP contribution in [0.3, 0.4) is 0 Å². The molecule has 0 saturated carbocycles. The number of amides is 1. The second-order valence-electron chi connectivity index (χ2n) is 4.42. The number of likely N-dealkylation sites (tertiary alicyclic amines) is 1. The van der Waals surface area contributed by atoms with Crippen molar-refractivity contribution >= 4 is 5.91 Å². The highest BCUT2D eigenvalue weighted by atomic mass is 16.5. The van der Waals surface area contributed by atoms with E-state index < -0.39 is 0 Å². The lowest BCUT2D eigenvalue weighted by atomic mass is 10.1. The first kappa shape index (κ1) is 12.7. The lowest BCUT2D eigenvalue weighted by Crippen LogP contribution is -2.28. The summed E-state index contributed by atoms with van der Waals surface area (Å²) in [6.07, 6.45) is 0.423. The molecule has 1 aromatic carbocycles. The van der Waals surface area contributed by atoms with E-state index in [1.54, 1.807) is 19.1 Å². The highest BCUT2D eigenvalue weighted by Gasteiger charge is 2.27. The van der Waals surface area contributed by atoms with Gasteiger partial charge in [0.25, 0.3) is 0 Å². The quantitative estimate of drug-likeness (QED) is 0.857.